The number of nitrogens with one attached hydrogen (secondary N) is 1. The number of hydrogen-bond acceptors (Lipinski definition) is 4. The Morgan fingerprint density at radius 3 is 2.42 bits per heavy atom. The van der Waals surface area contributed by atoms with Crippen LogP contribution in [0.5, 0.6) is 5.75 Å². The summed E-state index contributed by atoms with van der Waals surface area (Å²) in [4.78, 5) is 23.2. The second-order valence-electron chi connectivity index (χ2n) is 9.40. The number of carboxylic acids is 1. The molecule has 2 aromatic carbocycles. The van der Waals surface area contributed by atoms with Crippen molar-refractivity contribution in [2.45, 2.75) is 71.1 Å². The maximum Gasteiger partial charge on any atom is 0.341 e. The minimum absolute atomic E-state index is 0.148. The molecule has 6 nitrogen and oxygen atoms in total. The van der Waals surface area contributed by atoms with Crippen molar-refractivity contribution >= 4 is 11.9 Å². The van der Waals surface area contributed by atoms with E-state index in [1.165, 1.54) is 19.1 Å². The van der Waals surface area contributed by atoms with Gasteiger partial charge in [-0.15, -0.1) is 0 Å². The Kier molecular flexibility index (Phi) is 7.42. The number of aryl methyl sites for hydroxylation is 1. The fourth-order valence-electron chi connectivity index (χ4n) is 4.56. The molecule has 7 heteroatoms. The van der Waals surface area contributed by atoms with Crippen LogP contribution in [0.25, 0.3) is 0 Å². The molecule has 1 fully saturated rings. The third kappa shape index (κ3) is 6.11. The molecular formula is C26H32FNO5. The fraction of sp³-hybridized carbons (Fsp3) is 0.462. The molecule has 0 spiro atoms. The summed E-state index contributed by atoms with van der Waals surface area (Å²) in [7, 11) is 0. The molecule has 0 aliphatic carbocycles. The van der Waals surface area contributed by atoms with E-state index in [1.807, 2.05) is 19.9 Å². The number of halogens is 1. The molecule has 0 bridgehead atoms. The van der Waals surface area contributed by atoms with Gasteiger partial charge in [0.1, 0.15) is 11.6 Å². The maximum atomic E-state index is 13.5. The predicted octanol–water partition coefficient (Wildman–Crippen LogP) is 5.21. The third-order valence-corrected chi connectivity index (χ3v) is 6.03. The highest BCUT2D eigenvalue weighted by Gasteiger charge is 2.41. The van der Waals surface area contributed by atoms with Crippen LogP contribution in [0.3, 0.4) is 0 Å². The third-order valence-electron chi connectivity index (χ3n) is 6.03. The minimum Gasteiger partial charge on any atom is -0.482 e. The quantitative estimate of drug-likeness (QED) is 0.596. The number of hydrogen-bond donors (Lipinski definition) is 2. The van der Waals surface area contributed by atoms with Gasteiger partial charge in [0.2, 0.25) is 5.91 Å². The van der Waals surface area contributed by atoms with Crippen LogP contribution in [0.15, 0.2) is 36.4 Å². The molecule has 2 aromatic rings. The van der Waals surface area contributed by atoms with E-state index in [1.54, 1.807) is 12.1 Å². The number of carbonyl (C=O) groups is 2. The number of carbonyl (C=O) groups excluding carboxylic acids is 1. The lowest BCUT2D eigenvalue weighted by Gasteiger charge is -2.44. The van der Waals surface area contributed by atoms with Crippen molar-refractivity contribution in [3.63, 3.8) is 0 Å². The highest BCUT2D eigenvalue weighted by atomic mass is 19.1. The van der Waals surface area contributed by atoms with E-state index >= 15 is 0 Å². The molecule has 33 heavy (non-hydrogen) atoms. The molecular weight excluding hydrogens is 425 g/mol. The van der Waals surface area contributed by atoms with Gasteiger partial charge in [-0.3, -0.25) is 4.79 Å². The second-order valence-corrected chi connectivity index (χ2v) is 9.40. The van der Waals surface area contributed by atoms with Gasteiger partial charge < -0.3 is 19.9 Å². The van der Waals surface area contributed by atoms with Crippen LogP contribution in [0.4, 0.5) is 4.39 Å². The highest BCUT2D eigenvalue weighted by Crippen LogP contribution is 2.47. The van der Waals surface area contributed by atoms with Crippen molar-refractivity contribution in [3.05, 3.63) is 64.5 Å². The Morgan fingerprint density at radius 2 is 1.85 bits per heavy atom. The molecule has 3 atom stereocenters. The number of amides is 1. The predicted molar refractivity (Wildman–Crippen MR) is 123 cm³/mol. The van der Waals surface area contributed by atoms with Crippen molar-refractivity contribution in [1.82, 2.24) is 5.32 Å². The maximum absolute atomic E-state index is 13.5. The standard InChI is InChI=1S/C26H32FNO5/c1-15(2)19-10-16(3)25(21(11-19)32-14-24(30)31)23-13-26(5,28-17(4)29)12-22(33-23)18-6-8-20(27)9-7-18/h6-11,15,22-23H,12-14H2,1-5H3,(H,28,29)(H,30,31)/t22-,23+,26-/m0/s1. The summed E-state index contributed by atoms with van der Waals surface area (Å²) in [6, 6.07) is 10.1. The molecule has 0 saturated carbocycles. The van der Waals surface area contributed by atoms with Crippen LogP contribution in [-0.2, 0) is 14.3 Å². The topological polar surface area (TPSA) is 84.9 Å². The molecule has 0 unspecified atom stereocenters. The van der Waals surface area contributed by atoms with Crippen molar-refractivity contribution in [2.24, 2.45) is 0 Å². The van der Waals surface area contributed by atoms with Crippen molar-refractivity contribution in [1.29, 1.82) is 0 Å². The first kappa shape index (κ1) is 24.7. The first-order valence-corrected chi connectivity index (χ1v) is 11.2. The Morgan fingerprint density at radius 1 is 1.21 bits per heavy atom. The van der Waals surface area contributed by atoms with E-state index in [9.17, 15) is 19.1 Å². The summed E-state index contributed by atoms with van der Waals surface area (Å²) in [5.41, 5.74) is 2.95. The molecule has 0 radical (unpaired) electrons. The molecule has 1 amide bonds. The van der Waals surface area contributed by atoms with Crippen LogP contribution >= 0.6 is 0 Å². The summed E-state index contributed by atoms with van der Waals surface area (Å²) in [5, 5.41) is 12.2. The molecule has 178 valence electrons. The Labute approximate surface area is 194 Å². The number of rotatable bonds is 7. The Balaban J connectivity index is 2.06. The smallest absolute Gasteiger partial charge is 0.341 e. The van der Waals surface area contributed by atoms with Gasteiger partial charge in [0.15, 0.2) is 6.61 Å². The molecule has 1 aliphatic heterocycles. The van der Waals surface area contributed by atoms with Crippen molar-refractivity contribution < 1.29 is 28.6 Å². The van der Waals surface area contributed by atoms with Gasteiger partial charge >= 0.3 is 5.97 Å². The summed E-state index contributed by atoms with van der Waals surface area (Å²) in [5.74, 6) is -0.847. The van der Waals surface area contributed by atoms with Gasteiger partial charge in [-0.1, -0.05) is 32.0 Å². The van der Waals surface area contributed by atoms with Gasteiger partial charge in [-0.2, -0.15) is 0 Å². The number of carboxylic acid groups (broad SMARTS) is 1. The van der Waals surface area contributed by atoms with E-state index in [0.717, 1.165) is 22.3 Å². The zero-order valence-electron chi connectivity index (χ0n) is 19.8. The average Bonchev–Trinajstić information content (AvgIpc) is 2.70. The van der Waals surface area contributed by atoms with Gasteiger partial charge in [0, 0.05) is 30.9 Å². The van der Waals surface area contributed by atoms with E-state index < -0.39 is 30.3 Å². The van der Waals surface area contributed by atoms with Crippen LogP contribution < -0.4 is 10.1 Å². The van der Waals surface area contributed by atoms with Crippen molar-refractivity contribution in [2.75, 3.05) is 6.61 Å². The summed E-state index contributed by atoms with van der Waals surface area (Å²) >= 11 is 0. The van der Waals surface area contributed by atoms with Crippen LogP contribution in [0.1, 0.15) is 80.9 Å². The number of aliphatic carboxylic acids is 1. The van der Waals surface area contributed by atoms with E-state index in [4.69, 9.17) is 9.47 Å². The monoisotopic (exact) mass is 457 g/mol. The lowest BCUT2D eigenvalue weighted by molar-refractivity contribution is -0.139. The van der Waals surface area contributed by atoms with Crippen LogP contribution in [-0.4, -0.2) is 29.1 Å². The first-order valence-electron chi connectivity index (χ1n) is 11.2. The second kappa shape index (κ2) is 9.91. The van der Waals surface area contributed by atoms with Crippen LogP contribution in [0.2, 0.25) is 0 Å². The molecule has 0 aromatic heterocycles. The van der Waals surface area contributed by atoms with Gasteiger partial charge in [0.25, 0.3) is 0 Å². The van der Waals surface area contributed by atoms with Gasteiger partial charge in [-0.05, 0) is 54.7 Å². The van der Waals surface area contributed by atoms with E-state index in [2.05, 4.69) is 25.2 Å². The largest absolute Gasteiger partial charge is 0.482 e. The number of benzene rings is 2. The molecule has 1 heterocycles. The molecule has 1 saturated heterocycles. The Bertz CT molecular complexity index is 1020. The normalized spacial score (nSPS) is 22.8. The SMILES string of the molecule is CC(=O)N[C@@]1(C)C[C@@H](c2ccc(F)cc2)O[C@@H](c2c(C)cc(C(C)C)cc2OCC(=O)O)C1. The minimum atomic E-state index is -1.06. The summed E-state index contributed by atoms with van der Waals surface area (Å²) < 4.78 is 25.7. The average molecular weight is 458 g/mol. The first-order chi connectivity index (χ1) is 15.5. The lowest BCUT2D eigenvalue weighted by atomic mass is 9.80. The van der Waals surface area contributed by atoms with E-state index in [0.29, 0.717) is 18.6 Å². The summed E-state index contributed by atoms with van der Waals surface area (Å²) in [6.45, 7) is 9.05. The fourth-order valence-corrected chi connectivity index (χ4v) is 4.56. The zero-order chi connectivity index (χ0) is 24.3. The van der Waals surface area contributed by atoms with Crippen LogP contribution in [0, 0.1) is 12.7 Å². The zero-order valence-corrected chi connectivity index (χ0v) is 19.8. The highest BCUT2D eigenvalue weighted by molar-refractivity contribution is 5.73. The van der Waals surface area contributed by atoms with Gasteiger partial charge in [0.05, 0.1) is 12.2 Å². The lowest BCUT2D eigenvalue weighted by Crippen LogP contribution is -2.50. The molecule has 2 N–H and O–H groups in total. The van der Waals surface area contributed by atoms with Gasteiger partial charge in [-0.25, -0.2) is 9.18 Å². The van der Waals surface area contributed by atoms with E-state index in [-0.39, 0.29) is 17.6 Å². The summed E-state index contributed by atoms with van der Waals surface area (Å²) in [6.07, 6.45) is 0.145. The Hall–Kier alpha value is -2.93. The number of ether oxygens (including phenoxy) is 2. The molecule has 3 rings (SSSR count). The van der Waals surface area contributed by atoms with Crippen molar-refractivity contribution in [3.8, 4) is 5.75 Å². The molecule has 1 aliphatic rings.